The monoisotopic (exact) mass is 396 g/mol. The number of carbonyl (C=O) groups is 3. The Morgan fingerprint density at radius 2 is 1.69 bits per heavy atom. The van der Waals surface area contributed by atoms with E-state index in [1.165, 1.54) is 6.92 Å². The number of benzene rings is 2. The van der Waals surface area contributed by atoms with Gasteiger partial charge in [0.1, 0.15) is 6.54 Å². The van der Waals surface area contributed by atoms with Crippen molar-refractivity contribution in [3.63, 3.8) is 0 Å². The fourth-order valence-corrected chi connectivity index (χ4v) is 2.64. The molecule has 0 spiro atoms. The molecule has 29 heavy (non-hydrogen) atoms. The highest BCUT2D eigenvalue weighted by Crippen LogP contribution is 2.22. The maximum atomic E-state index is 12.2. The van der Waals surface area contributed by atoms with Gasteiger partial charge in [-0.05, 0) is 54.7 Å². The zero-order valence-electron chi connectivity index (χ0n) is 17.5. The Bertz CT molecular complexity index is 882. The van der Waals surface area contributed by atoms with Gasteiger partial charge >= 0.3 is 5.97 Å². The van der Waals surface area contributed by atoms with Crippen LogP contribution in [-0.4, -0.2) is 30.4 Å². The van der Waals surface area contributed by atoms with Crippen molar-refractivity contribution in [2.45, 2.75) is 46.1 Å². The summed E-state index contributed by atoms with van der Waals surface area (Å²) in [6, 6.07) is 14.5. The number of nitrogens with one attached hydrogen (secondary N) is 2. The Labute approximate surface area is 171 Å². The first-order chi connectivity index (χ1) is 13.6. The van der Waals surface area contributed by atoms with Gasteiger partial charge in [0.05, 0.1) is 0 Å². The van der Waals surface area contributed by atoms with Crippen LogP contribution in [0.1, 0.15) is 49.2 Å². The number of aryl methyl sites for hydroxylation is 1. The largest absolute Gasteiger partial charge is 0.451 e. The van der Waals surface area contributed by atoms with E-state index < -0.39 is 18.0 Å². The van der Waals surface area contributed by atoms with Crippen LogP contribution in [0.5, 0.6) is 0 Å². The zero-order valence-corrected chi connectivity index (χ0v) is 17.5. The smallest absolute Gasteiger partial charge is 0.326 e. The second-order valence-corrected chi connectivity index (χ2v) is 8.00. The summed E-state index contributed by atoms with van der Waals surface area (Å²) < 4.78 is 5.10. The van der Waals surface area contributed by atoms with Gasteiger partial charge in [-0.3, -0.25) is 14.4 Å². The van der Waals surface area contributed by atoms with Crippen LogP contribution in [0.25, 0.3) is 0 Å². The molecule has 2 amide bonds. The Balaban J connectivity index is 1.82. The van der Waals surface area contributed by atoms with E-state index >= 15 is 0 Å². The van der Waals surface area contributed by atoms with Gasteiger partial charge in [0, 0.05) is 11.3 Å². The average molecular weight is 396 g/mol. The van der Waals surface area contributed by atoms with Gasteiger partial charge in [-0.1, -0.05) is 45.0 Å². The van der Waals surface area contributed by atoms with Crippen LogP contribution >= 0.6 is 0 Å². The summed E-state index contributed by atoms with van der Waals surface area (Å²) in [5.74, 6) is -1.50. The minimum absolute atomic E-state index is 0.00598. The quantitative estimate of drug-likeness (QED) is 0.731. The molecule has 0 fully saturated rings. The number of amides is 2. The van der Waals surface area contributed by atoms with Crippen molar-refractivity contribution in [2.75, 3.05) is 11.9 Å². The molecule has 0 saturated heterocycles. The highest BCUT2D eigenvalue weighted by molar-refractivity contribution is 5.97. The van der Waals surface area contributed by atoms with Gasteiger partial charge in [0.15, 0.2) is 6.10 Å². The third-order valence-corrected chi connectivity index (χ3v) is 4.37. The van der Waals surface area contributed by atoms with Gasteiger partial charge in [-0.15, -0.1) is 0 Å². The number of hydrogen-bond acceptors (Lipinski definition) is 4. The molecule has 0 unspecified atom stereocenters. The van der Waals surface area contributed by atoms with Gasteiger partial charge < -0.3 is 15.4 Å². The van der Waals surface area contributed by atoms with Crippen molar-refractivity contribution in [3.05, 3.63) is 65.2 Å². The summed E-state index contributed by atoms with van der Waals surface area (Å²) in [4.78, 5) is 36.3. The van der Waals surface area contributed by atoms with Crippen LogP contribution in [0.3, 0.4) is 0 Å². The van der Waals surface area contributed by atoms with Crippen molar-refractivity contribution >= 4 is 23.5 Å². The van der Waals surface area contributed by atoms with Crippen molar-refractivity contribution < 1.29 is 19.1 Å². The van der Waals surface area contributed by atoms with Gasteiger partial charge in [0.2, 0.25) is 0 Å². The summed E-state index contributed by atoms with van der Waals surface area (Å²) in [7, 11) is 0. The molecule has 6 heteroatoms. The summed E-state index contributed by atoms with van der Waals surface area (Å²) in [5.41, 5.74) is 3.20. The van der Waals surface area contributed by atoms with Crippen molar-refractivity contribution in [1.29, 1.82) is 0 Å². The number of carbonyl (C=O) groups excluding carboxylic acids is 3. The fourth-order valence-electron chi connectivity index (χ4n) is 2.64. The van der Waals surface area contributed by atoms with E-state index in [1.807, 2.05) is 37.3 Å². The predicted molar refractivity (Wildman–Crippen MR) is 113 cm³/mol. The van der Waals surface area contributed by atoms with E-state index in [4.69, 9.17) is 4.74 Å². The first kappa shape index (κ1) is 22.1. The first-order valence-electron chi connectivity index (χ1n) is 9.52. The summed E-state index contributed by atoms with van der Waals surface area (Å²) in [6.07, 6.45) is -0.981. The second-order valence-electron chi connectivity index (χ2n) is 8.00. The lowest BCUT2D eigenvalue weighted by Gasteiger charge is -2.19. The number of ether oxygens (including phenoxy) is 1. The third-order valence-electron chi connectivity index (χ3n) is 4.37. The maximum Gasteiger partial charge on any atom is 0.326 e. The Morgan fingerprint density at radius 1 is 1.03 bits per heavy atom. The minimum Gasteiger partial charge on any atom is -0.451 e. The van der Waals surface area contributed by atoms with Crippen LogP contribution in [-0.2, 0) is 19.7 Å². The third kappa shape index (κ3) is 6.75. The Kier molecular flexibility index (Phi) is 7.15. The first-order valence-corrected chi connectivity index (χ1v) is 9.52. The van der Waals surface area contributed by atoms with Crippen molar-refractivity contribution in [1.82, 2.24) is 5.32 Å². The molecule has 2 aromatic rings. The summed E-state index contributed by atoms with van der Waals surface area (Å²) in [6.45, 7) is 9.35. The molecule has 0 aliphatic rings. The topological polar surface area (TPSA) is 84.5 Å². The minimum atomic E-state index is -0.981. The Hall–Kier alpha value is -3.15. The van der Waals surface area contributed by atoms with E-state index in [2.05, 4.69) is 31.4 Å². The molecule has 0 saturated carbocycles. The number of hydrogen-bond donors (Lipinski definition) is 2. The van der Waals surface area contributed by atoms with Crippen LogP contribution in [0.15, 0.2) is 48.5 Å². The summed E-state index contributed by atoms with van der Waals surface area (Å²) in [5, 5.41) is 5.21. The standard InChI is InChI=1S/C23H28N2O4/c1-15-7-6-8-19(13-15)25-21(27)16(2)29-20(26)14-24-22(28)17-9-11-18(12-10-17)23(3,4)5/h6-13,16H,14H2,1-5H3,(H,24,28)(H,25,27)/t16-/m0/s1. The number of esters is 1. The molecule has 0 aliphatic carbocycles. The molecule has 2 aromatic carbocycles. The van der Waals surface area contributed by atoms with Gasteiger partial charge in [0.25, 0.3) is 11.8 Å². The molecule has 1 atom stereocenters. The van der Waals surface area contributed by atoms with E-state index in [9.17, 15) is 14.4 Å². The van der Waals surface area contributed by atoms with Crippen molar-refractivity contribution in [3.8, 4) is 0 Å². The average Bonchev–Trinajstić information content (AvgIpc) is 2.65. The molecule has 154 valence electrons. The van der Waals surface area contributed by atoms with E-state index in [0.29, 0.717) is 11.3 Å². The molecule has 0 aliphatic heterocycles. The lowest BCUT2D eigenvalue weighted by molar-refractivity contribution is -0.152. The molecule has 0 aromatic heterocycles. The lowest BCUT2D eigenvalue weighted by atomic mass is 9.87. The van der Waals surface area contributed by atoms with Crippen LogP contribution in [0.2, 0.25) is 0 Å². The second kappa shape index (κ2) is 9.37. The zero-order chi connectivity index (χ0) is 21.6. The molecule has 6 nitrogen and oxygen atoms in total. The number of anilines is 1. The Morgan fingerprint density at radius 3 is 2.28 bits per heavy atom. The normalized spacial score (nSPS) is 12.0. The van der Waals surface area contributed by atoms with E-state index in [1.54, 1.807) is 18.2 Å². The van der Waals surface area contributed by atoms with Crippen LogP contribution < -0.4 is 10.6 Å². The predicted octanol–water partition coefficient (Wildman–Crippen LogP) is 3.59. The highest BCUT2D eigenvalue weighted by atomic mass is 16.5. The molecule has 0 heterocycles. The number of rotatable bonds is 6. The maximum absolute atomic E-state index is 12.2. The SMILES string of the molecule is Cc1cccc(NC(=O)[C@H](C)OC(=O)CNC(=O)c2ccc(C(C)(C)C)cc2)c1. The summed E-state index contributed by atoms with van der Waals surface area (Å²) >= 11 is 0. The molecule has 2 N–H and O–H groups in total. The van der Waals surface area contributed by atoms with Gasteiger partial charge in [-0.2, -0.15) is 0 Å². The van der Waals surface area contributed by atoms with Crippen molar-refractivity contribution in [2.24, 2.45) is 0 Å². The molecular formula is C23H28N2O4. The van der Waals surface area contributed by atoms with Crippen LogP contribution in [0, 0.1) is 6.92 Å². The van der Waals surface area contributed by atoms with Crippen LogP contribution in [0.4, 0.5) is 5.69 Å². The highest BCUT2D eigenvalue weighted by Gasteiger charge is 2.19. The van der Waals surface area contributed by atoms with E-state index in [-0.39, 0.29) is 17.9 Å². The molecule has 0 radical (unpaired) electrons. The molecule has 2 rings (SSSR count). The van der Waals surface area contributed by atoms with Gasteiger partial charge in [-0.25, -0.2) is 0 Å². The lowest BCUT2D eigenvalue weighted by Crippen LogP contribution is -2.35. The van der Waals surface area contributed by atoms with E-state index in [0.717, 1.165) is 11.1 Å². The fraction of sp³-hybridized carbons (Fsp3) is 0.348. The molecule has 0 bridgehead atoms. The molecular weight excluding hydrogens is 368 g/mol.